The first kappa shape index (κ1) is 25.5. The molecule has 2 heterocycles. The van der Waals surface area contributed by atoms with Crippen molar-refractivity contribution in [2.24, 2.45) is 0 Å². The van der Waals surface area contributed by atoms with E-state index in [1.165, 1.54) is 0 Å². The van der Waals surface area contributed by atoms with Crippen LogP contribution < -0.4 is 10.2 Å². The highest BCUT2D eigenvalue weighted by molar-refractivity contribution is 5.99. The van der Waals surface area contributed by atoms with Gasteiger partial charge in [-0.15, -0.1) is 0 Å². The van der Waals surface area contributed by atoms with Crippen molar-refractivity contribution >= 4 is 11.8 Å². The van der Waals surface area contributed by atoms with E-state index in [0.717, 1.165) is 49.8 Å². The second-order valence-electron chi connectivity index (χ2n) is 9.08. The zero-order valence-electron chi connectivity index (χ0n) is 20.9. The first-order valence-corrected chi connectivity index (χ1v) is 12.3. The van der Waals surface area contributed by atoms with Gasteiger partial charge < -0.3 is 19.1 Å². The lowest BCUT2D eigenvalue weighted by Crippen LogP contribution is -2.45. The molecule has 0 spiro atoms. The zero-order valence-corrected chi connectivity index (χ0v) is 20.9. The second-order valence-corrected chi connectivity index (χ2v) is 9.08. The van der Waals surface area contributed by atoms with E-state index in [1.54, 1.807) is 36.0 Å². The number of hydrogen-bond acceptors (Lipinski definition) is 4. The average molecular weight is 468 g/mol. The maximum absolute atomic E-state index is 13.6. The number of amides is 2. The molecule has 0 bridgehead atoms. The normalized spacial score (nSPS) is 15.8. The molecule has 1 aliphatic heterocycles. The molecule has 0 N–H and O–H groups in total. The molecule has 1 aliphatic rings. The van der Waals surface area contributed by atoms with Gasteiger partial charge in [0.05, 0.1) is 7.11 Å². The molecular weight excluding hydrogens is 430 g/mol. The lowest BCUT2D eigenvalue weighted by atomic mass is 9.98. The predicted octanol–water partition coefficient (Wildman–Crippen LogP) is 4.18. The number of likely N-dealkylation sites (tertiary alicyclic amines) is 1. The summed E-state index contributed by atoms with van der Waals surface area (Å²) in [6.45, 7) is 5.74. The van der Waals surface area contributed by atoms with Gasteiger partial charge in [-0.25, -0.2) is 0 Å². The van der Waals surface area contributed by atoms with Gasteiger partial charge in [0.15, 0.2) is 0 Å². The van der Waals surface area contributed by atoms with Crippen LogP contribution in [0.15, 0.2) is 41.5 Å². The molecule has 184 valence electrons. The maximum atomic E-state index is 13.6. The average Bonchev–Trinajstić information content (AvgIpc) is 2.87. The summed E-state index contributed by atoms with van der Waals surface area (Å²) in [6.07, 6.45) is 8.79. The van der Waals surface area contributed by atoms with Crippen molar-refractivity contribution in [2.75, 3.05) is 27.2 Å². The van der Waals surface area contributed by atoms with E-state index >= 15 is 0 Å². The number of unbranched alkanes of at least 4 members (excludes halogenated alkanes) is 1. The number of hydrogen-bond donors (Lipinski definition) is 0. The molecule has 0 unspecified atom stereocenters. The molecule has 1 aromatic carbocycles. The number of pyridine rings is 1. The molecular formula is C27H37N3O4. The number of carbonyl (C=O) groups excluding carboxylic acids is 2. The van der Waals surface area contributed by atoms with Crippen LogP contribution in [0.25, 0.3) is 0 Å². The Morgan fingerprint density at radius 3 is 2.62 bits per heavy atom. The van der Waals surface area contributed by atoms with Crippen molar-refractivity contribution in [3.05, 3.63) is 63.6 Å². The molecule has 1 atom stereocenters. The van der Waals surface area contributed by atoms with E-state index in [4.69, 9.17) is 4.74 Å². The number of ether oxygens (including phenoxy) is 1. The largest absolute Gasteiger partial charge is 0.497 e. The van der Waals surface area contributed by atoms with E-state index in [0.29, 0.717) is 19.6 Å². The lowest BCUT2D eigenvalue weighted by Gasteiger charge is -2.35. The Morgan fingerprint density at radius 2 is 1.91 bits per heavy atom. The monoisotopic (exact) mass is 467 g/mol. The first-order chi connectivity index (χ1) is 16.4. The minimum atomic E-state index is -0.485. The molecule has 3 rings (SSSR count). The summed E-state index contributed by atoms with van der Waals surface area (Å²) in [7, 11) is 3.32. The first-order valence-electron chi connectivity index (χ1n) is 12.3. The summed E-state index contributed by atoms with van der Waals surface area (Å²) in [5, 5.41) is 0. The van der Waals surface area contributed by atoms with Crippen molar-refractivity contribution in [3.8, 4) is 5.75 Å². The highest BCUT2D eigenvalue weighted by atomic mass is 16.5. The van der Waals surface area contributed by atoms with Gasteiger partial charge in [-0.1, -0.05) is 32.4 Å². The van der Waals surface area contributed by atoms with Gasteiger partial charge in [-0.3, -0.25) is 14.4 Å². The fourth-order valence-corrected chi connectivity index (χ4v) is 4.56. The molecule has 0 aliphatic carbocycles. The van der Waals surface area contributed by atoms with Crippen molar-refractivity contribution in [1.82, 2.24) is 14.4 Å². The van der Waals surface area contributed by atoms with Crippen molar-refractivity contribution in [1.29, 1.82) is 0 Å². The summed E-state index contributed by atoms with van der Waals surface area (Å²) >= 11 is 0. The Labute approximate surface area is 202 Å². The molecule has 1 aromatic heterocycles. The number of rotatable bonds is 9. The topological polar surface area (TPSA) is 71.8 Å². The quantitative estimate of drug-likeness (QED) is 0.555. The number of carbonyl (C=O) groups is 2. The van der Waals surface area contributed by atoms with Crippen LogP contribution in [0, 0.1) is 0 Å². The molecule has 2 aromatic rings. The fraction of sp³-hybridized carbons (Fsp3) is 0.519. The van der Waals surface area contributed by atoms with E-state index in [1.807, 2.05) is 29.2 Å². The third kappa shape index (κ3) is 5.88. The Bertz CT molecular complexity index is 1060. The number of benzene rings is 1. The Balaban J connectivity index is 2.04. The standard InChI is InChI=1S/C27H37N3O4/c1-5-7-14-28(3)26(32)23-18-29(17-20-11-10-13-22(16-20)34-4)19-24(25(23)31)27(33)30-15-9-8-12-21(30)6-2/h10-11,13,16,18-19,21H,5-9,12,14-15,17H2,1-4H3/t21-/m1/s1. The van der Waals surface area contributed by atoms with Gasteiger partial charge in [-0.05, 0) is 49.8 Å². The van der Waals surface area contributed by atoms with E-state index in [-0.39, 0.29) is 29.0 Å². The van der Waals surface area contributed by atoms with Gasteiger partial charge in [0.25, 0.3) is 11.8 Å². The summed E-state index contributed by atoms with van der Waals surface area (Å²) in [6, 6.07) is 7.75. The van der Waals surface area contributed by atoms with Gasteiger partial charge >= 0.3 is 0 Å². The second kappa shape index (κ2) is 11.9. The highest BCUT2D eigenvalue weighted by Gasteiger charge is 2.30. The third-order valence-corrected chi connectivity index (χ3v) is 6.59. The molecule has 2 amide bonds. The molecule has 1 saturated heterocycles. The van der Waals surface area contributed by atoms with Crippen LogP contribution in [-0.4, -0.2) is 59.5 Å². The molecule has 0 saturated carbocycles. The van der Waals surface area contributed by atoms with E-state index in [2.05, 4.69) is 13.8 Å². The Morgan fingerprint density at radius 1 is 1.15 bits per heavy atom. The van der Waals surface area contributed by atoms with Gasteiger partial charge in [-0.2, -0.15) is 0 Å². The fourth-order valence-electron chi connectivity index (χ4n) is 4.56. The molecule has 0 radical (unpaired) electrons. The van der Waals surface area contributed by atoms with Gasteiger partial charge in [0.2, 0.25) is 5.43 Å². The molecule has 7 heteroatoms. The smallest absolute Gasteiger partial charge is 0.259 e. The number of methoxy groups -OCH3 is 1. The number of nitrogens with zero attached hydrogens (tertiary/aromatic N) is 3. The van der Waals surface area contributed by atoms with E-state index in [9.17, 15) is 14.4 Å². The van der Waals surface area contributed by atoms with Crippen molar-refractivity contribution in [2.45, 2.75) is 65.0 Å². The summed E-state index contributed by atoms with van der Waals surface area (Å²) < 4.78 is 7.10. The van der Waals surface area contributed by atoms with Crippen LogP contribution in [0.3, 0.4) is 0 Å². The Hall–Kier alpha value is -3.09. The molecule has 34 heavy (non-hydrogen) atoms. The summed E-state index contributed by atoms with van der Waals surface area (Å²) in [4.78, 5) is 43.6. The predicted molar refractivity (Wildman–Crippen MR) is 134 cm³/mol. The highest BCUT2D eigenvalue weighted by Crippen LogP contribution is 2.22. The van der Waals surface area contributed by atoms with Crippen LogP contribution in [-0.2, 0) is 6.54 Å². The van der Waals surface area contributed by atoms with Crippen molar-refractivity contribution in [3.63, 3.8) is 0 Å². The minimum absolute atomic E-state index is 0.0393. The van der Waals surface area contributed by atoms with Crippen LogP contribution in [0.1, 0.15) is 78.7 Å². The maximum Gasteiger partial charge on any atom is 0.259 e. The Kier molecular flexibility index (Phi) is 8.91. The number of piperidine rings is 1. The van der Waals surface area contributed by atoms with Crippen LogP contribution >= 0.6 is 0 Å². The molecule has 1 fully saturated rings. The van der Waals surface area contributed by atoms with Crippen LogP contribution in [0.4, 0.5) is 0 Å². The van der Waals surface area contributed by atoms with Crippen LogP contribution in [0.2, 0.25) is 0 Å². The van der Waals surface area contributed by atoms with Crippen LogP contribution in [0.5, 0.6) is 5.75 Å². The van der Waals surface area contributed by atoms with Gasteiger partial charge in [0.1, 0.15) is 16.9 Å². The lowest BCUT2D eigenvalue weighted by molar-refractivity contribution is 0.0605. The summed E-state index contributed by atoms with van der Waals surface area (Å²) in [5.41, 5.74) is 0.569. The zero-order chi connectivity index (χ0) is 24.7. The SMILES string of the molecule is CCCCN(C)C(=O)c1cn(Cc2cccc(OC)c2)cc(C(=O)N2CCCC[C@H]2CC)c1=O. The van der Waals surface area contributed by atoms with Gasteiger partial charge in [0, 0.05) is 45.1 Å². The number of aromatic nitrogens is 1. The van der Waals surface area contributed by atoms with Crippen molar-refractivity contribution < 1.29 is 14.3 Å². The van der Waals surface area contributed by atoms with E-state index < -0.39 is 5.43 Å². The molecule has 7 nitrogen and oxygen atoms in total. The summed E-state index contributed by atoms with van der Waals surface area (Å²) in [5.74, 6) is 0.101. The minimum Gasteiger partial charge on any atom is -0.497 e. The third-order valence-electron chi connectivity index (χ3n) is 6.59.